The summed E-state index contributed by atoms with van der Waals surface area (Å²) in [4.78, 5) is 13.6. The molecule has 0 unspecified atom stereocenters. The number of hydrogen-bond acceptors (Lipinski definition) is 3. The van der Waals surface area contributed by atoms with E-state index in [1.54, 1.807) is 12.1 Å². The van der Waals surface area contributed by atoms with Gasteiger partial charge >= 0.3 is 5.97 Å². The fraction of sp³-hybridized carbons (Fsp3) is 0.350. The van der Waals surface area contributed by atoms with Crippen molar-refractivity contribution in [3.63, 3.8) is 0 Å². The largest absolute Gasteiger partial charge is 0.478 e. The third-order valence-corrected chi connectivity index (χ3v) is 4.45. The first-order valence-electron chi connectivity index (χ1n) is 8.27. The number of carbonyl (C=O) groups is 1. The van der Waals surface area contributed by atoms with E-state index in [0.29, 0.717) is 18.7 Å². The average molecular weight is 327 g/mol. The number of aromatic carboxylic acids is 1. The number of carboxylic acids is 1. The third kappa shape index (κ3) is 4.43. The van der Waals surface area contributed by atoms with Gasteiger partial charge in [0.05, 0.1) is 12.2 Å². The van der Waals surface area contributed by atoms with Gasteiger partial charge in [0, 0.05) is 19.1 Å². The molecule has 0 aliphatic rings. The van der Waals surface area contributed by atoms with E-state index in [9.17, 15) is 15.0 Å². The van der Waals surface area contributed by atoms with E-state index in [0.717, 1.165) is 12.0 Å². The summed E-state index contributed by atoms with van der Waals surface area (Å²) >= 11 is 0. The maximum atomic E-state index is 11.5. The van der Waals surface area contributed by atoms with Gasteiger partial charge in [-0.25, -0.2) is 4.79 Å². The van der Waals surface area contributed by atoms with E-state index in [1.165, 1.54) is 11.1 Å². The van der Waals surface area contributed by atoms with Gasteiger partial charge in [-0.1, -0.05) is 49.4 Å². The Bertz CT molecular complexity index is 680. The Morgan fingerprint density at radius 1 is 1.04 bits per heavy atom. The second-order valence-electron chi connectivity index (χ2n) is 6.04. The molecule has 4 nitrogen and oxygen atoms in total. The van der Waals surface area contributed by atoms with Crippen molar-refractivity contribution in [2.24, 2.45) is 0 Å². The van der Waals surface area contributed by atoms with Gasteiger partial charge in [0.2, 0.25) is 0 Å². The summed E-state index contributed by atoms with van der Waals surface area (Å²) in [6.45, 7) is 5.33. The number of aryl methyl sites for hydroxylation is 1. The summed E-state index contributed by atoms with van der Waals surface area (Å²) in [5.74, 6) is -0.918. The molecule has 0 bridgehead atoms. The normalized spacial score (nSPS) is 12.3. The van der Waals surface area contributed by atoms with Crippen molar-refractivity contribution in [3.8, 4) is 0 Å². The van der Waals surface area contributed by atoms with E-state index < -0.39 is 5.97 Å². The van der Waals surface area contributed by atoms with Crippen LogP contribution in [-0.2, 0) is 13.1 Å². The Kier molecular flexibility index (Phi) is 6.53. The smallest absolute Gasteiger partial charge is 0.336 e. The van der Waals surface area contributed by atoms with Gasteiger partial charge in [-0.15, -0.1) is 0 Å². The molecule has 0 fully saturated rings. The fourth-order valence-corrected chi connectivity index (χ4v) is 2.91. The second kappa shape index (κ2) is 8.62. The highest BCUT2D eigenvalue weighted by atomic mass is 16.4. The number of carboxylic acid groups (broad SMARTS) is 1. The molecular weight excluding hydrogens is 302 g/mol. The van der Waals surface area contributed by atoms with Crippen LogP contribution in [0.4, 0.5) is 0 Å². The molecule has 24 heavy (non-hydrogen) atoms. The highest BCUT2D eigenvalue weighted by Crippen LogP contribution is 2.19. The lowest BCUT2D eigenvalue weighted by atomic mass is 10.0. The van der Waals surface area contributed by atoms with Gasteiger partial charge in [-0.3, -0.25) is 4.90 Å². The number of hydrogen-bond donors (Lipinski definition) is 2. The fourth-order valence-electron chi connectivity index (χ4n) is 2.91. The molecule has 4 heteroatoms. The topological polar surface area (TPSA) is 60.8 Å². The predicted octanol–water partition coefficient (Wildman–Crippen LogP) is 3.47. The van der Waals surface area contributed by atoms with Crippen LogP contribution in [-0.4, -0.2) is 33.7 Å². The number of benzene rings is 2. The van der Waals surface area contributed by atoms with Gasteiger partial charge in [0.1, 0.15) is 0 Å². The minimum absolute atomic E-state index is 0.00791. The van der Waals surface area contributed by atoms with Crippen molar-refractivity contribution in [2.45, 2.75) is 39.4 Å². The molecule has 0 radical (unpaired) electrons. The van der Waals surface area contributed by atoms with Crippen LogP contribution < -0.4 is 0 Å². The minimum Gasteiger partial charge on any atom is -0.478 e. The first kappa shape index (κ1) is 18.2. The molecule has 0 spiro atoms. The summed E-state index contributed by atoms with van der Waals surface area (Å²) in [6, 6.07) is 15.2. The number of nitrogens with zero attached hydrogens (tertiary/aromatic N) is 1. The molecule has 0 amide bonds. The third-order valence-electron chi connectivity index (χ3n) is 4.45. The van der Waals surface area contributed by atoms with Crippen LogP contribution in [0.15, 0.2) is 48.5 Å². The molecule has 0 aliphatic carbocycles. The highest BCUT2D eigenvalue weighted by Gasteiger charge is 2.20. The van der Waals surface area contributed by atoms with Crippen molar-refractivity contribution in [2.75, 3.05) is 6.61 Å². The Hall–Kier alpha value is -2.17. The first-order valence-corrected chi connectivity index (χ1v) is 8.27. The van der Waals surface area contributed by atoms with Crippen LogP contribution in [0.25, 0.3) is 0 Å². The lowest BCUT2D eigenvalue weighted by Crippen LogP contribution is -2.37. The number of aliphatic hydroxyl groups excluding tert-OH is 1. The zero-order valence-corrected chi connectivity index (χ0v) is 14.3. The Balaban J connectivity index is 2.30. The molecule has 2 aromatic carbocycles. The van der Waals surface area contributed by atoms with Gasteiger partial charge in [0.15, 0.2) is 0 Å². The van der Waals surface area contributed by atoms with E-state index in [2.05, 4.69) is 24.0 Å². The van der Waals surface area contributed by atoms with Gasteiger partial charge in [-0.2, -0.15) is 0 Å². The standard InChI is InChI=1S/C20H25NO3/c1-3-18(14-22)21(12-16-9-5-4-8-15(16)2)13-17-10-6-7-11-19(17)20(23)24/h4-11,18,22H,3,12-14H2,1-2H3,(H,23,24)/t18-/m0/s1. The molecule has 0 saturated heterocycles. The van der Waals surface area contributed by atoms with E-state index in [4.69, 9.17) is 0 Å². The molecule has 2 N–H and O–H groups in total. The number of rotatable bonds is 8. The van der Waals surface area contributed by atoms with E-state index in [1.807, 2.05) is 31.2 Å². The molecule has 0 heterocycles. The lowest BCUT2D eigenvalue weighted by Gasteiger charge is -2.31. The predicted molar refractivity (Wildman–Crippen MR) is 95.0 cm³/mol. The second-order valence-corrected chi connectivity index (χ2v) is 6.04. The van der Waals surface area contributed by atoms with Gasteiger partial charge in [-0.05, 0) is 36.1 Å². The summed E-state index contributed by atoms with van der Waals surface area (Å²) in [5.41, 5.74) is 3.48. The van der Waals surface area contributed by atoms with Crippen LogP contribution >= 0.6 is 0 Å². The van der Waals surface area contributed by atoms with Crippen molar-refractivity contribution < 1.29 is 15.0 Å². The molecule has 1 atom stereocenters. The molecule has 2 rings (SSSR count). The van der Waals surface area contributed by atoms with Gasteiger partial charge in [0.25, 0.3) is 0 Å². The summed E-state index contributed by atoms with van der Waals surface area (Å²) < 4.78 is 0. The van der Waals surface area contributed by atoms with Crippen LogP contribution in [0.1, 0.15) is 40.4 Å². The van der Waals surface area contributed by atoms with E-state index >= 15 is 0 Å². The van der Waals surface area contributed by atoms with Crippen LogP contribution in [0.2, 0.25) is 0 Å². The van der Waals surface area contributed by atoms with Crippen molar-refractivity contribution in [1.82, 2.24) is 4.90 Å². The van der Waals surface area contributed by atoms with Gasteiger partial charge < -0.3 is 10.2 Å². The highest BCUT2D eigenvalue weighted by molar-refractivity contribution is 5.89. The van der Waals surface area contributed by atoms with Crippen LogP contribution in [0.3, 0.4) is 0 Å². The molecule has 0 aliphatic heterocycles. The lowest BCUT2D eigenvalue weighted by molar-refractivity contribution is 0.0691. The van der Waals surface area contributed by atoms with Crippen LogP contribution in [0, 0.1) is 6.92 Å². The van der Waals surface area contributed by atoms with Crippen LogP contribution in [0.5, 0.6) is 0 Å². The van der Waals surface area contributed by atoms with Crippen molar-refractivity contribution in [1.29, 1.82) is 0 Å². The number of aliphatic hydroxyl groups is 1. The Labute approximate surface area is 143 Å². The van der Waals surface area contributed by atoms with E-state index in [-0.39, 0.29) is 12.6 Å². The Morgan fingerprint density at radius 2 is 1.62 bits per heavy atom. The summed E-state index contributed by atoms with van der Waals surface area (Å²) in [5, 5.41) is 19.1. The SMILES string of the molecule is CC[C@@H](CO)N(Cc1ccccc1C)Cc1ccccc1C(=O)O. The monoisotopic (exact) mass is 327 g/mol. The minimum atomic E-state index is -0.918. The molecular formula is C20H25NO3. The quantitative estimate of drug-likeness (QED) is 0.779. The average Bonchev–Trinajstić information content (AvgIpc) is 2.58. The zero-order chi connectivity index (χ0) is 17.5. The summed E-state index contributed by atoms with van der Waals surface area (Å²) in [6.07, 6.45) is 0.803. The van der Waals surface area contributed by atoms with Crippen molar-refractivity contribution in [3.05, 3.63) is 70.8 Å². The Morgan fingerprint density at radius 3 is 2.21 bits per heavy atom. The molecule has 0 aromatic heterocycles. The molecule has 2 aromatic rings. The zero-order valence-electron chi connectivity index (χ0n) is 14.3. The maximum absolute atomic E-state index is 11.5. The summed E-state index contributed by atoms with van der Waals surface area (Å²) in [7, 11) is 0. The maximum Gasteiger partial charge on any atom is 0.336 e. The first-order chi connectivity index (χ1) is 11.6. The molecule has 0 saturated carbocycles. The van der Waals surface area contributed by atoms with Crippen molar-refractivity contribution >= 4 is 5.97 Å². The molecule has 128 valence electrons.